The molecule has 0 spiro atoms. The Morgan fingerprint density at radius 1 is 1.50 bits per heavy atom. The molecular formula is C16H21N5O3. The molecule has 1 fully saturated rings. The summed E-state index contributed by atoms with van der Waals surface area (Å²) >= 11 is 0. The van der Waals surface area contributed by atoms with Crippen molar-refractivity contribution in [3.8, 4) is 11.5 Å². The van der Waals surface area contributed by atoms with Crippen molar-refractivity contribution in [2.75, 3.05) is 20.2 Å². The Morgan fingerprint density at radius 3 is 3.12 bits per heavy atom. The zero-order chi connectivity index (χ0) is 16.9. The number of amides is 2. The lowest BCUT2D eigenvalue weighted by atomic mass is 10.1. The Balaban J connectivity index is 1.56. The smallest absolute Gasteiger partial charge is 0.317 e. The average Bonchev–Trinajstić information content (AvgIpc) is 3.15. The molecule has 0 aliphatic carbocycles. The highest BCUT2D eigenvalue weighted by Gasteiger charge is 2.25. The maximum Gasteiger partial charge on any atom is 0.317 e. The average molecular weight is 331 g/mol. The number of aromatic hydroxyl groups is 1. The quantitative estimate of drug-likeness (QED) is 0.886. The molecule has 1 aromatic carbocycles. The summed E-state index contributed by atoms with van der Waals surface area (Å²) in [5, 5.41) is 16.7. The van der Waals surface area contributed by atoms with E-state index in [1.165, 1.54) is 13.4 Å². The highest BCUT2D eigenvalue weighted by molar-refractivity contribution is 5.74. The number of phenols is 1. The summed E-state index contributed by atoms with van der Waals surface area (Å²) in [4.78, 5) is 18.2. The predicted octanol–water partition coefficient (Wildman–Crippen LogP) is 1.54. The number of likely N-dealkylation sites (tertiary alicyclic amines) is 1. The molecule has 8 nitrogen and oxygen atoms in total. The van der Waals surface area contributed by atoms with Crippen LogP contribution in [0, 0.1) is 0 Å². The number of ether oxygens (including phenoxy) is 1. The first-order valence-electron chi connectivity index (χ1n) is 7.90. The van der Waals surface area contributed by atoms with Gasteiger partial charge in [-0.05, 0) is 30.5 Å². The van der Waals surface area contributed by atoms with E-state index in [9.17, 15) is 9.90 Å². The second-order valence-corrected chi connectivity index (χ2v) is 5.78. The van der Waals surface area contributed by atoms with Gasteiger partial charge in [0.1, 0.15) is 12.7 Å². The molecule has 2 amide bonds. The summed E-state index contributed by atoms with van der Waals surface area (Å²) in [6, 6.07) is 5.09. The van der Waals surface area contributed by atoms with E-state index in [1.54, 1.807) is 29.4 Å². The Bertz CT molecular complexity index is 689. The molecule has 2 heterocycles. The number of piperidine rings is 1. The highest BCUT2D eigenvalue weighted by atomic mass is 16.5. The summed E-state index contributed by atoms with van der Waals surface area (Å²) in [5.41, 5.74) is 0.864. The summed E-state index contributed by atoms with van der Waals surface area (Å²) in [5.74, 6) is 0.477. The van der Waals surface area contributed by atoms with Crippen LogP contribution in [0.15, 0.2) is 30.9 Å². The second kappa shape index (κ2) is 7.20. The summed E-state index contributed by atoms with van der Waals surface area (Å²) in [7, 11) is 1.50. The molecule has 2 aromatic rings. The van der Waals surface area contributed by atoms with Gasteiger partial charge in [-0.3, -0.25) is 0 Å². The Morgan fingerprint density at radius 2 is 2.38 bits per heavy atom. The van der Waals surface area contributed by atoms with Gasteiger partial charge >= 0.3 is 6.03 Å². The third-order valence-electron chi connectivity index (χ3n) is 4.18. The van der Waals surface area contributed by atoms with E-state index in [2.05, 4.69) is 15.4 Å². The van der Waals surface area contributed by atoms with Crippen LogP contribution in [0.25, 0.3) is 0 Å². The van der Waals surface area contributed by atoms with E-state index < -0.39 is 0 Å². The van der Waals surface area contributed by atoms with Crippen LogP contribution >= 0.6 is 0 Å². The molecule has 8 heteroatoms. The topological polar surface area (TPSA) is 92.5 Å². The summed E-state index contributed by atoms with van der Waals surface area (Å²) in [6.45, 7) is 1.73. The van der Waals surface area contributed by atoms with E-state index in [0.29, 0.717) is 18.8 Å². The highest BCUT2D eigenvalue weighted by Crippen LogP contribution is 2.26. The number of carbonyl (C=O) groups is 1. The number of nitrogens with zero attached hydrogens (tertiary/aromatic N) is 4. The Hall–Kier alpha value is -2.77. The number of benzene rings is 1. The fraction of sp³-hybridized carbons (Fsp3) is 0.438. The van der Waals surface area contributed by atoms with Crippen molar-refractivity contribution in [3.63, 3.8) is 0 Å². The lowest BCUT2D eigenvalue weighted by Crippen LogP contribution is -2.45. The molecule has 1 saturated heterocycles. The zero-order valence-electron chi connectivity index (χ0n) is 13.6. The first-order chi connectivity index (χ1) is 11.7. The number of phenolic OH excluding ortho intramolecular Hbond substituents is 1. The Labute approximate surface area is 140 Å². The predicted molar refractivity (Wildman–Crippen MR) is 86.8 cm³/mol. The molecule has 0 unspecified atom stereocenters. The lowest BCUT2D eigenvalue weighted by molar-refractivity contribution is 0.163. The molecule has 1 aliphatic heterocycles. The van der Waals surface area contributed by atoms with Crippen molar-refractivity contribution in [1.82, 2.24) is 25.0 Å². The monoisotopic (exact) mass is 331 g/mol. The maximum atomic E-state index is 12.4. The van der Waals surface area contributed by atoms with Gasteiger partial charge in [0.15, 0.2) is 11.5 Å². The van der Waals surface area contributed by atoms with Crippen molar-refractivity contribution in [2.24, 2.45) is 0 Å². The molecule has 0 radical (unpaired) electrons. The van der Waals surface area contributed by atoms with Gasteiger partial charge in [-0.1, -0.05) is 6.07 Å². The number of hydrogen-bond acceptors (Lipinski definition) is 5. The van der Waals surface area contributed by atoms with E-state index in [0.717, 1.165) is 24.9 Å². The normalized spacial score (nSPS) is 17.5. The SMILES string of the molecule is COc1cc(CNC(=O)N2CCC[C@@H](n3cncn3)C2)ccc1O. The van der Waals surface area contributed by atoms with Gasteiger partial charge < -0.3 is 20.1 Å². The first kappa shape index (κ1) is 16.1. The van der Waals surface area contributed by atoms with Crippen molar-refractivity contribution < 1.29 is 14.6 Å². The number of urea groups is 1. The maximum absolute atomic E-state index is 12.4. The number of carbonyl (C=O) groups excluding carboxylic acids is 1. The molecule has 0 bridgehead atoms. The number of rotatable bonds is 4. The molecule has 24 heavy (non-hydrogen) atoms. The van der Waals surface area contributed by atoms with Gasteiger partial charge in [0.05, 0.1) is 13.2 Å². The molecule has 0 saturated carbocycles. The lowest BCUT2D eigenvalue weighted by Gasteiger charge is -2.32. The van der Waals surface area contributed by atoms with Gasteiger partial charge in [0.25, 0.3) is 0 Å². The van der Waals surface area contributed by atoms with Gasteiger partial charge in [0.2, 0.25) is 0 Å². The molecule has 3 rings (SSSR count). The summed E-state index contributed by atoms with van der Waals surface area (Å²) < 4.78 is 6.89. The largest absolute Gasteiger partial charge is 0.504 e. The molecule has 1 aromatic heterocycles. The second-order valence-electron chi connectivity index (χ2n) is 5.78. The minimum Gasteiger partial charge on any atom is -0.504 e. The van der Waals surface area contributed by atoms with Crippen LogP contribution in [0.3, 0.4) is 0 Å². The van der Waals surface area contributed by atoms with Crippen LogP contribution < -0.4 is 10.1 Å². The van der Waals surface area contributed by atoms with Crippen LogP contribution in [0.4, 0.5) is 4.79 Å². The number of nitrogens with one attached hydrogen (secondary N) is 1. The van der Waals surface area contributed by atoms with E-state index in [-0.39, 0.29) is 17.8 Å². The van der Waals surface area contributed by atoms with Crippen molar-refractivity contribution >= 4 is 6.03 Å². The number of hydrogen-bond donors (Lipinski definition) is 2. The van der Waals surface area contributed by atoms with Crippen LogP contribution in [0.1, 0.15) is 24.4 Å². The van der Waals surface area contributed by atoms with Gasteiger partial charge in [-0.2, -0.15) is 5.10 Å². The molecule has 1 aliphatic rings. The molecule has 1 atom stereocenters. The third kappa shape index (κ3) is 3.58. The number of methoxy groups -OCH3 is 1. The van der Waals surface area contributed by atoms with E-state index >= 15 is 0 Å². The van der Waals surface area contributed by atoms with Crippen molar-refractivity contribution in [1.29, 1.82) is 0 Å². The van der Waals surface area contributed by atoms with Crippen LogP contribution in [0.5, 0.6) is 11.5 Å². The third-order valence-corrected chi connectivity index (χ3v) is 4.18. The van der Waals surface area contributed by atoms with Crippen LogP contribution in [-0.4, -0.2) is 51.0 Å². The van der Waals surface area contributed by atoms with Crippen molar-refractivity contribution in [3.05, 3.63) is 36.4 Å². The van der Waals surface area contributed by atoms with E-state index in [1.807, 2.05) is 4.68 Å². The standard InChI is InChI=1S/C16H21N5O3/c1-24-15-7-12(4-5-14(15)22)8-18-16(23)20-6-2-3-13(9-20)21-11-17-10-19-21/h4-5,7,10-11,13,22H,2-3,6,8-9H2,1H3,(H,18,23)/t13-/m1/s1. The fourth-order valence-corrected chi connectivity index (χ4v) is 2.88. The first-order valence-corrected chi connectivity index (χ1v) is 7.90. The van der Waals surface area contributed by atoms with Crippen LogP contribution in [0.2, 0.25) is 0 Å². The zero-order valence-corrected chi connectivity index (χ0v) is 13.6. The van der Waals surface area contributed by atoms with Crippen LogP contribution in [-0.2, 0) is 6.54 Å². The number of aromatic nitrogens is 3. The molecule has 128 valence electrons. The van der Waals surface area contributed by atoms with Gasteiger partial charge in [-0.25, -0.2) is 14.5 Å². The summed E-state index contributed by atoms with van der Waals surface area (Å²) in [6.07, 6.45) is 5.12. The van der Waals surface area contributed by atoms with Gasteiger partial charge in [-0.15, -0.1) is 0 Å². The minimum atomic E-state index is -0.105. The Kier molecular flexibility index (Phi) is 4.83. The van der Waals surface area contributed by atoms with Crippen molar-refractivity contribution in [2.45, 2.75) is 25.4 Å². The van der Waals surface area contributed by atoms with Gasteiger partial charge in [0, 0.05) is 19.6 Å². The minimum absolute atomic E-state index is 0.0827. The van der Waals surface area contributed by atoms with E-state index in [4.69, 9.17) is 4.74 Å². The molecule has 2 N–H and O–H groups in total. The molecular weight excluding hydrogens is 310 g/mol. The fourth-order valence-electron chi connectivity index (χ4n) is 2.88.